The summed E-state index contributed by atoms with van der Waals surface area (Å²) in [5.74, 6) is -6.65. The van der Waals surface area contributed by atoms with E-state index >= 15 is 0 Å². The third-order valence-electron chi connectivity index (χ3n) is 1.93. The Morgan fingerprint density at radius 3 is 2.71 bits per heavy atom. The number of aromatic nitrogens is 1. The van der Waals surface area contributed by atoms with Gasteiger partial charge in [0.15, 0.2) is 0 Å². The first kappa shape index (κ1) is 13.9. The molecule has 1 aromatic rings. The number of nitrogens with one attached hydrogen (secondary N) is 1. The van der Waals surface area contributed by atoms with Gasteiger partial charge in [-0.1, -0.05) is 6.92 Å². The summed E-state index contributed by atoms with van der Waals surface area (Å²) in [6, 6.07) is 0. The van der Waals surface area contributed by atoms with E-state index in [1.807, 2.05) is 6.92 Å². The zero-order valence-electron chi connectivity index (χ0n) is 8.84. The number of carbonyl (C=O) groups is 1. The lowest BCUT2D eigenvalue weighted by Crippen LogP contribution is -2.44. The Kier molecular flexibility index (Phi) is 4.44. The van der Waals surface area contributed by atoms with Gasteiger partial charge in [-0.05, 0) is 6.42 Å². The maximum absolute atomic E-state index is 12.5. The van der Waals surface area contributed by atoms with Gasteiger partial charge in [-0.3, -0.25) is 4.79 Å². The van der Waals surface area contributed by atoms with Crippen molar-refractivity contribution in [1.29, 1.82) is 0 Å². The zero-order chi connectivity index (χ0) is 13.1. The molecule has 0 spiro atoms. The highest BCUT2D eigenvalue weighted by atomic mass is 32.1. The van der Waals surface area contributed by atoms with Gasteiger partial charge >= 0.3 is 12.3 Å². The number of amides is 1. The molecule has 0 saturated carbocycles. The monoisotopic (exact) mass is 270 g/mol. The van der Waals surface area contributed by atoms with Crippen LogP contribution in [0.1, 0.15) is 16.8 Å². The molecule has 1 amide bonds. The Morgan fingerprint density at radius 2 is 2.24 bits per heavy atom. The van der Waals surface area contributed by atoms with Crippen LogP contribution in [-0.4, -0.2) is 23.2 Å². The molecule has 1 aromatic heterocycles. The molecule has 0 fully saturated rings. The van der Waals surface area contributed by atoms with Gasteiger partial charge in [0.05, 0.1) is 6.54 Å². The summed E-state index contributed by atoms with van der Waals surface area (Å²) in [6.45, 7) is 1.62. The summed E-state index contributed by atoms with van der Waals surface area (Å²) in [4.78, 5) is 15.6. The molecule has 0 bridgehead atoms. The minimum Gasteiger partial charge on any atom is -0.344 e. The van der Waals surface area contributed by atoms with E-state index in [1.165, 1.54) is 11.3 Å². The fraction of sp³-hybridized carbons (Fsp3) is 0.556. The normalized spacial score (nSPS) is 11.9. The molecule has 0 atom stereocenters. The Bertz CT molecular complexity index is 394. The number of hydrogen-bond donors (Lipinski definition) is 1. The Balaban J connectivity index is 2.53. The van der Waals surface area contributed by atoms with E-state index in [1.54, 1.807) is 11.5 Å². The lowest BCUT2D eigenvalue weighted by Gasteiger charge is -2.13. The van der Waals surface area contributed by atoms with Gasteiger partial charge in [-0.25, -0.2) is 13.8 Å². The number of nitrogens with zero attached hydrogens (tertiary/aromatic N) is 1. The summed E-state index contributed by atoms with van der Waals surface area (Å²) < 4.78 is 48.7. The fourth-order valence-electron chi connectivity index (χ4n) is 0.966. The standard InChI is InChI=1S/C9H10F4N2OS/c1-2-5-3-14-6(17-5)4-15-8(16)9(12,13)7(10)11/h3,7H,2,4H2,1H3,(H,15,16). The molecule has 0 aliphatic rings. The van der Waals surface area contributed by atoms with Gasteiger partial charge in [0, 0.05) is 11.1 Å². The average Bonchev–Trinajstić information content (AvgIpc) is 2.73. The van der Waals surface area contributed by atoms with Crippen LogP contribution in [0.4, 0.5) is 17.6 Å². The topological polar surface area (TPSA) is 42.0 Å². The van der Waals surface area contributed by atoms with Gasteiger partial charge < -0.3 is 5.32 Å². The van der Waals surface area contributed by atoms with Crippen molar-refractivity contribution in [1.82, 2.24) is 10.3 Å². The van der Waals surface area contributed by atoms with Gasteiger partial charge in [-0.15, -0.1) is 11.3 Å². The molecular weight excluding hydrogens is 260 g/mol. The van der Waals surface area contributed by atoms with E-state index in [4.69, 9.17) is 0 Å². The van der Waals surface area contributed by atoms with Crippen LogP contribution >= 0.6 is 11.3 Å². The van der Waals surface area contributed by atoms with Crippen LogP contribution in [0.5, 0.6) is 0 Å². The highest BCUT2D eigenvalue weighted by molar-refractivity contribution is 7.11. The van der Waals surface area contributed by atoms with Gasteiger partial charge in [0.1, 0.15) is 5.01 Å². The summed E-state index contributed by atoms with van der Waals surface area (Å²) in [7, 11) is 0. The molecule has 0 unspecified atom stereocenters. The number of thiazole rings is 1. The van der Waals surface area contributed by atoms with Crippen molar-refractivity contribution in [2.45, 2.75) is 32.2 Å². The van der Waals surface area contributed by atoms with Crippen molar-refractivity contribution < 1.29 is 22.4 Å². The second-order valence-electron chi connectivity index (χ2n) is 3.18. The molecule has 3 nitrogen and oxygen atoms in total. The minimum atomic E-state index is -4.66. The van der Waals surface area contributed by atoms with E-state index in [0.29, 0.717) is 5.01 Å². The van der Waals surface area contributed by atoms with E-state index in [9.17, 15) is 22.4 Å². The van der Waals surface area contributed by atoms with Crippen LogP contribution in [0.25, 0.3) is 0 Å². The van der Waals surface area contributed by atoms with Crippen LogP contribution in [-0.2, 0) is 17.8 Å². The quantitative estimate of drug-likeness (QED) is 0.834. The number of hydrogen-bond acceptors (Lipinski definition) is 3. The first-order chi connectivity index (χ1) is 7.87. The first-order valence-electron chi connectivity index (χ1n) is 4.75. The average molecular weight is 270 g/mol. The maximum atomic E-state index is 12.5. The summed E-state index contributed by atoms with van der Waals surface area (Å²) >= 11 is 1.24. The lowest BCUT2D eigenvalue weighted by atomic mass is 10.3. The smallest absolute Gasteiger partial charge is 0.344 e. The number of alkyl halides is 4. The molecule has 96 valence electrons. The van der Waals surface area contributed by atoms with Crippen LogP contribution in [0.2, 0.25) is 0 Å². The predicted molar refractivity (Wildman–Crippen MR) is 54.3 cm³/mol. The minimum absolute atomic E-state index is 0.272. The van der Waals surface area contributed by atoms with Crippen molar-refractivity contribution in [3.8, 4) is 0 Å². The number of aryl methyl sites for hydroxylation is 1. The molecule has 0 aliphatic carbocycles. The van der Waals surface area contributed by atoms with Crippen molar-refractivity contribution in [3.63, 3.8) is 0 Å². The Morgan fingerprint density at radius 1 is 1.59 bits per heavy atom. The summed E-state index contributed by atoms with van der Waals surface area (Å²) in [5, 5.41) is 2.14. The predicted octanol–water partition coefficient (Wildman–Crippen LogP) is 2.22. The number of rotatable bonds is 5. The second kappa shape index (κ2) is 5.44. The molecular formula is C9H10F4N2OS. The molecule has 17 heavy (non-hydrogen) atoms. The second-order valence-corrected chi connectivity index (χ2v) is 4.38. The van der Waals surface area contributed by atoms with Gasteiger partial charge in [0.25, 0.3) is 5.91 Å². The lowest BCUT2D eigenvalue weighted by molar-refractivity contribution is -0.169. The molecule has 1 rings (SSSR count). The van der Waals surface area contributed by atoms with Crippen molar-refractivity contribution in [2.75, 3.05) is 0 Å². The first-order valence-corrected chi connectivity index (χ1v) is 5.57. The highest BCUT2D eigenvalue weighted by Crippen LogP contribution is 2.23. The third kappa shape index (κ3) is 3.39. The third-order valence-corrected chi connectivity index (χ3v) is 3.07. The largest absolute Gasteiger partial charge is 0.383 e. The van der Waals surface area contributed by atoms with Crippen molar-refractivity contribution in [2.24, 2.45) is 0 Å². The maximum Gasteiger partial charge on any atom is 0.383 e. The van der Waals surface area contributed by atoms with Gasteiger partial charge in [0.2, 0.25) is 0 Å². The fourth-order valence-corrected chi connectivity index (χ4v) is 1.77. The van der Waals surface area contributed by atoms with E-state index in [-0.39, 0.29) is 6.54 Å². The molecule has 0 aliphatic heterocycles. The SMILES string of the molecule is CCc1cnc(CNC(=O)C(F)(F)C(F)F)s1. The van der Waals surface area contributed by atoms with Crippen molar-refractivity contribution in [3.05, 3.63) is 16.1 Å². The van der Waals surface area contributed by atoms with Gasteiger partial charge in [-0.2, -0.15) is 8.78 Å². The van der Waals surface area contributed by atoms with Crippen molar-refractivity contribution >= 4 is 17.2 Å². The zero-order valence-corrected chi connectivity index (χ0v) is 9.66. The molecule has 0 radical (unpaired) electrons. The Labute approximate surface area is 98.9 Å². The van der Waals surface area contributed by atoms with E-state index in [2.05, 4.69) is 4.98 Å². The summed E-state index contributed by atoms with van der Waals surface area (Å²) in [6.07, 6.45) is -1.72. The van der Waals surface area contributed by atoms with Crippen LogP contribution in [0.15, 0.2) is 6.20 Å². The molecule has 1 heterocycles. The Hall–Kier alpha value is -1.18. The van der Waals surface area contributed by atoms with Crippen LogP contribution < -0.4 is 5.32 Å². The summed E-state index contributed by atoms with van der Waals surface area (Å²) in [5.41, 5.74) is 0. The van der Waals surface area contributed by atoms with Crippen LogP contribution in [0.3, 0.4) is 0 Å². The molecule has 1 N–H and O–H groups in total. The number of halogens is 4. The highest BCUT2D eigenvalue weighted by Gasteiger charge is 2.48. The molecule has 0 aromatic carbocycles. The number of carbonyl (C=O) groups excluding carboxylic acids is 1. The van der Waals surface area contributed by atoms with Crippen LogP contribution in [0, 0.1) is 0 Å². The van der Waals surface area contributed by atoms with E-state index in [0.717, 1.165) is 11.3 Å². The molecule has 8 heteroatoms. The van der Waals surface area contributed by atoms with E-state index < -0.39 is 18.3 Å². The molecule has 0 saturated heterocycles.